The summed E-state index contributed by atoms with van der Waals surface area (Å²) in [6.07, 6.45) is 2.59. The monoisotopic (exact) mass is 379 g/mol. The molecule has 3 amide bonds. The van der Waals surface area contributed by atoms with Crippen LogP contribution in [0.15, 0.2) is 54.6 Å². The summed E-state index contributed by atoms with van der Waals surface area (Å²) >= 11 is 0. The van der Waals surface area contributed by atoms with E-state index in [-0.39, 0.29) is 18.5 Å². The van der Waals surface area contributed by atoms with Crippen molar-refractivity contribution in [3.05, 3.63) is 54.6 Å². The van der Waals surface area contributed by atoms with Crippen LogP contribution in [0.3, 0.4) is 0 Å². The predicted molar refractivity (Wildman–Crippen MR) is 108 cm³/mol. The van der Waals surface area contributed by atoms with E-state index in [0.29, 0.717) is 6.54 Å². The first-order valence-corrected chi connectivity index (χ1v) is 9.57. The molecule has 28 heavy (non-hydrogen) atoms. The smallest absolute Gasteiger partial charge is 0.312 e. The quantitative estimate of drug-likeness (QED) is 0.811. The fourth-order valence-electron chi connectivity index (χ4n) is 3.57. The van der Waals surface area contributed by atoms with Crippen molar-refractivity contribution in [2.24, 2.45) is 5.73 Å². The van der Waals surface area contributed by atoms with Crippen LogP contribution in [0.25, 0.3) is 11.1 Å². The van der Waals surface area contributed by atoms with Gasteiger partial charge >= 0.3 is 11.8 Å². The van der Waals surface area contributed by atoms with Gasteiger partial charge in [0.05, 0.1) is 6.04 Å². The molecule has 6 heteroatoms. The number of hydrogen-bond acceptors (Lipinski definition) is 3. The van der Waals surface area contributed by atoms with Gasteiger partial charge < -0.3 is 15.5 Å². The fourth-order valence-corrected chi connectivity index (χ4v) is 3.57. The molecule has 2 N–H and O–H groups in total. The van der Waals surface area contributed by atoms with Crippen molar-refractivity contribution in [3.63, 3.8) is 0 Å². The number of nitrogens with zero attached hydrogens (tertiary/aromatic N) is 2. The number of anilines is 1. The Hall–Kier alpha value is -3.15. The van der Waals surface area contributed by atoms with E-state index in [1.807, 2.05) is 54.6 Å². The van der Waals surface area contributed by atoms with E-state index < -0.39 is 11.8 Å². The molecule has 1 fully saturated rings. The molecule has 0 aromatic heterocycles. The number of rotatable bonds is 5. The second-order valence-electron chi connectivity index (χ2n) is 7.01. The Morgan fingerprint density at radius 1 is 1.07 bits per heavy atom. The van der Waals surface area contributed by atoms with Gasteiger partial charge in [0.25, 0.3) is 0 Å². The van der Waals surface area contributed by atoms with E-state index in [2.05, 4.69) is 6.92 Å². The first-order valence-electron chi connectivity index (χ1n) is 9.57. The lowest BCUT2D eigenvalue weighted by Gasteiger charge is -2.40. The lowest BCUT2D eigenvalue weighted by atomic mass is 10.0. The molecule has 1 aliphatic heterocycles. The van der Waals surface area contributed by atoms with E-state index >= 15 is 0 Å². The molecular weight excluding hydrogens is 354 g/mol. The molecular formula is C22H25N3O3. The third-order valence-electron chi connectivity index (χ3n) is 5.07. The largest absolute Gasteiger partial charge is 0.361 e. The minimum absolute atomic E-state index is 0.133. The standard InChI is InChI=1S/C22H25N3O3/c1-2-3-11-19-14-24(20(26)15-25(19)22(28)21(23)27)18-12-7-10-17(13-18)16-8-5-4-6-9-16/h4-10,12-13,19H,2-3,11,14-15H2,1H3,(H2,23,27)/t19-/m1/s1. The molecule has 2 aromatic carbocycles. The van der Waals surface area contributed by atoms with E-state index in [4.69, 9.17) is 5.73 Å². The van der Waals surface area contributed by atoms with Gasteiger partial charge in [-0.3, -0.25) is 14.4 Å². The summed E-state index contributed by atoms with van der Waals surface area (Å²) in [5, 5.41) is 0. The molecule has 1 heterocycles. The Morgan fingerprint density at radius 2 is 1.79 bits per heavy atom. The topological polar surface area (TPSA) is 83.7 Å². The second kappa shape index (κ2) is 8.69. The van der Waals surface area contributed by atoms with Crippen LogP contribution in [0.2, 0.25) is 0 Å². The summed E-state index contributed by atoms with van der Waals surface area (Å²) in [6.45, 7) is 2.29. The number of unbranched alkanes of at least 4 members (excludes halogenated alkanes) is 1. The SMILES string of the molecule is CCCC[C@@H]1CN(c2cccc(-c3ccccc3)c2)C(=O)CN1C(=O)C(N)=O. The van der Waals surface area contributed by atoms with Crippen LogP contribution in [-0.4, -0.2) is 41.8 Å². The Kier molecular flexibility index (Phi) is 6.09. The van der Waals surface area contributed by atoms with E-state index in [9.17, 15) is 14.4 Å². The van der Waals surface area contributed by atoms with Crippen LogP contribution in [0.4, 0.5) is 5.69 Å². The van der Waals surface area contributed by atoms with Crippen molar-refractivity contribution in [2.75, 3.05) is 18.0 Å². The van der Waals surface area contributed by atoms with Crippen molar-refractivity contribution >= 4 is 23.4 Å². The molecule has 0 spiro atoms. The number of benzene rings is 2. The van der Waals surface area contributed by atoms with Crippen molar-refractivity contribution in [3.8, 4) is 11.1 Å². The van der Waals surface area contributed by atoms with Crippen molar-refractivity contribution in [1.29, 1.82) is 0 Å². The number of carbonyl (C=O) groups excluding carboxylic acids is 3. The van der Waals surface area contributed by atoms with Crippen LogP contribution in [-0.2, 0) is 14.4 Å². The number of hydrogen-bond donors (Lipinski definition) is 1. The summed E-state index contributed by atoms with van der Waals surface area (Å²) in [5.41, 5.74) is 8.06. The normalized spacial score (nSPS) is 16.9. The first kappa shape index (κ1) is 19.6. The third kappa shape index (κ3) is 4.22. The zero-order valence-corrected chi connectivity index (χ0v) is 16.0. The van der Waals surface area contributed by atoms with Gasteiger partial charge in [-0.15, -0.1) is 0 Å². The van der Waals surface area contributed by atoms with Crippen molar-refractivity contribution in [2.45, 2.75) is 32.2 Å². The van der Waals surface area contributed by atoms with Crippen LogP contribution < -0.4 is 10.6 Å². The maximum Gasteiger partial charge on any atom is 0.312 e. The summed E-state index contributed by atoms with van der Waals surface area (Å²) in [6, 6.07) is 17.5. The minimum Gasteiger partial charge on any atom is -0.361 e. The summed E-state index contributed by atoms with van der Waals surface area (Å²) in [5.74, 6) is -2.02. The van der Waals surface area contributed by atoms with E-state index in [1.165, 1.54) is 4.90 Å². The highest BCUT2D eigenvalue weighted by Gasteiger charge is 2.37. The number of piperazine rings is 1. The highest BCUT2D eigenvalue weighted by Crippen LogP contribution is 2.27. The summed E-state index contributed by atoms with van der Waals surface area (Å²) < 4.78 is 0. The molecule has 0 saturated carbocycles. The average Bonchev–Trinajstić information content (AvgIpc) is 2.72. The minimum atomic E-state index is -1.02. The number of nitrogens with two attached hydrogens (primary N) is 1. The van der Waals surface area contributed by atoms with Gasteiger partial charge in [0.15, 0.2) is 0 Å². The fraction of sp³-hybridized carbons (Fsp3) is 0.318. The highest BCUT2D eigenvalue weighted by atomic mass is 16.2. The molecule has 1 saturated heterocycles. The zero-order chi connectivity index (χ0) is 20.1. The van der Waals surface area contributed by atoms with Crippen LogP contribution in [0, 0.1) is 0 Å². The second-order valence-corrected chi connectivity index (χ2v) is 7.01. The average molecular weight is 379 g/mol. The third-order valence-corrected chi connectivity index (χ3v) is 5.07. The van der Waals surface area contributed by atoms with Gasteiger partial charge in [0.1, 0.15) is 6.54 Å². The Labute approximate surface area is 164 Å². The highest BCUT2D eigenvalue weighted by molar-refractivity contribution is 6.34. The molecule has 2 aromatic rings. The molecule has 3 rings (SSSR count). The lowest BCUT2D eigenvalue weighted by molar-refractivity contribution is -0.148. The Morgan fingerprint density at radius 3 is 2.46 bits per heavy atom. The Balaban J connectivity index is 1.87. The van der Waals surface area contributed by atoms with Crippen LogP contribution in [0.1, 0.15) is 26.2 Å². The molecule has 1 aliphatic rings. The van der Waals surface area contributed by atoms with Crippen LogP contribution in [0.5, 0.6) is 0 Å². The maximum atomic E-state index is 12.8. The molecule has 0 bridgehead atoms. The van der Waals surface area contributed by atoms with Crippen molar-refractivity contribution in [1.82, 2.24) is 4.90 Å². The number of amides is 3. The molecule has 0 aliphatic carbocycles. The zero-order valence-electron chi connectivity index (χ0n) is 16.0. The van der Waals surface area contributed by atoms with Gasteiger partial charge in [0, 0.05) is 12.2 Å². The van der Waals surface area contributed by atoms with Crippen molar-refractivity contribution < 1.29 is 14.4 Å². The predicted octanol–water partition coefficient (Wildman–Crippen LogP) is 2.57. The number of carbonyl (C=O) groups is 3. The lowest BCUT2D eigenvalue weighted by Crippen LogP contribution is -2.60. The van der Waals surface area contributed by atoms with E-state index in [0.717, 1.165) is 36.1 Å². The first-order chi connectivity index (χ1) is 13.5. The molecule has 0 radical (unpaired) electrons. The van der Waals surface area contributed by atoms with Gasteiger partial charge in [-0.2, -0.15) is 0 Å². The van der Waals surface area contributed by atoms with Gasteiger partial charge in [-0.25, -0.2) is 0 Å². The van der Waals surface area contributed by atoms with E-state index in [1.54, 1.807) is 4.90 Å². The van der Waals surface area contributed by atoms with Gasteiger partial charge in [0.2, 0.25) is 5.91 Å². The summed E-state index contributed by atoms with van der Waals surface area (Å²) in [4.78, 5) is 39.4. The van der Waals surface area contributed by atoms with Gasteiger partial charge in [-0.05, 0) is 29.7 Å². The van der Waals surface area contributed by atoms with Gasteiger partial charge in [-0.1, -0.05) is 62.2 Å². The maximum absolute atomic E-state index is 12.8. The molecule has 146 valence electrons. The molecule has 0 unspecified atom stereocenters. The Bertz CT molecular complexity index is 866. The molecule has 1 atom stereocenters. The summed E-state index contributed by atoms with van der Waals surface area (Å²) in [7, 11) is 0. The molecule has 6 nitrogen and oxygen atoms in total. The van der Waals surface area contributed by atoms with Crippen LogP contribution >= 0.6 is 0 Å². The number of primary amides is 1.